The average molecular weight is 245 g/mol. The summed E-state index contributed by atoms with van der Waals surface area (Å²) < 4.78 is 13.8. The number of aromatic nitrogens is 1. The summed E-state index contributed by atoms with van der Waals surface area (Å²) in [5.41, 5.74) is 5.49. The molecule has 0 saturated carbocycles. The van der Waals surface area contributed by atoms with Crippen LogP contribution in [0.5, 0.6) is 0 Å². The number of carboxylic acid groups (broad SMARTS) is 1. The van der Waals surface area contributed by atoms with Gasteiger partial charge in [0.05, 0.1) is 6.54 Å². The summed E-state index contributed by atoms with van der Waals surface area (Å²) in [4.78, 5) is 16.5. The first-order chi connectivity index (χ1) is 7.58. The van der Waals surface area contributed by atoms with Gasteiger partial charge in [-0.2, -0.15) is 0 Å². The van der Waals surface area contributed by atoms with E-state index in [9.17, 15) is 9.18 Å². The van der Waals surface area contributed by atoms with E-state index in [0.717, 1.165) is 9.78 Å². The number of piperidine rings is 1. The number of nitrogens with two attached hydrogens (primary N) is 1. The summed E-state index contributed by atoms with van der Waals surface area (Å²) in [7, 11) is 0. The van der Waals surface area contributed by atoms with Gasteiger partial charge in [-0.1, -0.05) is 0 Å². The van der Waals surface area contributed by atoms with Crippen molar-refractivity contribution in [3.8, 4) is 0 Å². The lowest BCUT2D eigenvalue weighted by molar-refractivity contribution is 0.0969. The van der Waals surface area contributed by atoms with E-state index in [2.05, 4.69) is 4.98 Å². The van der Waals surface area contributed by atoms with Crippen molar-refractivity contribution >= 4 is 22.6 Å². The first-order valence-corrected chi connectivity index (χ1v) is 5.72. The first kappa shape index (κ1) is 11.1. The Kier molecular flexibility index (Phi) is 2.95. The largest absolute Gasteiger partial charge is 0.465 e. The molecule has 3 N–H and O–H groups in total. The molecule has 5 nitrogen and oxygen atoms in total. The van der Waals surface area contributed by atoms with Crippen LogP contribution >= 0.6 is 11.3 Å². The number of hydrogen-bond acceptors (Lipinski definition) is 4. The molecule has 0 spiro atoms. The van der Waals surface area contributed by atoms with Crippen LogP contribution in [0.3, 0.4) is 0 Å². The number of carbonyl (C=O) groups is 1. The standard InChI is InChI=1S/C9H12FN3O2S/c10-6-4-13(9(14)15)2-1-5(6)7-3-12-8(11)16-7/h3,5-6H,1-2,4H2,(H2,11,12)(H,14,15)/t5-,6+/m1/s1. The minimum absolute atomic E-state index is 0.0716. The Morgan fingerprint density at radius 2 is 2.50 bits per heavy atom. The van der Waals surface area contributed by atoms with Crippen LogP contribution in [0.2, 0.25) is 0 Å². The highest BCUT2D eigenvalue weighted by molar-refractivity contribution is 7.15. The normalized spacial score (nSPS) is 25.7. The van der Waals surface area contributed by atoms with Crippen molar-refractivity contribution in [1.82, 2.24) is 9.88 Å². The van der Waals surface area contributed by atoms with E-state index in [-0.39, 0.29) is 12.5 Å². The van der Waals surface area contributed by atoms with E-state index in [1.165, 1.54) is 11.3 Å². The molecule has 1 aromatic heterocycles. The quantitative estimate of drug-likeness (QED) is 0.786. The Balaban J connectivity index is 2.07. The molecule has 0 aromatic carbocycles. The highest BCUT2D eigenvalue weighted by Crippen LogP contribution is 2.34. The number of rotatable bonds is 1. The second-order valence-electron chi connectivity index (χ2n) is 3.74. The third-order valence-electron chi connectivity index (χ3n) is 2.72. The molecule has 0 bridgehead atoms. The second-order valence-corrected chi connectivity index (χ2v) is 4.83. The molecule has 1 amide bonds. The topological polar surface area (TPSA) is 79.5 Å². The molecule has 1 aliphatic rings. The number of halogens is 1. The van der Waals surface area contributed by atoms with Crippen LogP contribution in [-0.4, -0.2) is 40.3 Å². The zero-order chi connectivity index (χ0) is 11.7. The first-order valence-electron chi connectivity index (χ1n) is 4.91. The summed E-state index contributed by atoms with van der Waals surface area (Å²) in [6.07, 6.45) is -0.183. The Hall–Kier alpha value is -1.37. The van der Waals surface area contributed by atoms with E-state index in [1.54, 1.807) is 6.20 Å². The molecule has 0 radical (unpaired) electrons. The van der Waals surface area contributed by atoms with Crippen LogP contribution in [-0.2, 0) is 0 Å². The smallest absolute Gasteiger partial charge is 0.407 e. The molecule has 1 saturated heterocycles. The van der Waals surface area contributed by atoms with Gasteiger partial charge in [0, 0.05) is 23.5 Å². The van der Waals surface area contributed by atoms with E-state index in [1.807, 2.05) is 0 Å². The molecule has 88 valence electrons. The summed E-state index contributed by atoms with van der Waals surface area (Å²) >= 11 is 1.27. The van der Waals surface area contributed by atoms with Crippen molar-refractivity contribution in [2.75, 3.05) is 18.8 Å². The number of thiazole rings is 1. The zero-order valence-electron chi connectivity index (χ0n) is 8.47. The van der Waals surface area contributed by atoms with Gasteiger partial charge in [-0.25, -0.2) is 14.2 Å². The minimum Gasteiger partial charge on any atom is -0.465 e. The third-order valence-corrected chi connectivity index (χ3v) is 3.68. The van der Waals surface area contributed by atoms with Crippen molar-refractivity contribution < 1.29 is 14.3 Å². The highest BCUT2D eigenvalue weighted by Gasteiger charge is 2.33. The minimum atomic E-state index is -1.18. The molecule has 0 aliphatic carbocycles. The van der Waals surface area contributed by atoms with Gasteiger partial charge in [-0.05, 0) is 6.42 Å². The SMILES string of the molecule is Nc1ncc([C@@H]2CCN(C(=O)O)C[C@@H]2F)s1. The molecule has 2 atom stereocenters. The van der Waals surface area contributed by atoms with Crippen molar-refractivity contribution in [1.29, 1.82) is 0 Å². The average Bonchev–Trinajstić information content (AvgIpc) is 2.64. The molecule has 2 heterocycles. The Bertz CT molecular complexity index is 398. The summed E-state index contributed by atoms with van der Waals surface area (Å²) in [5.74, 6) is -0.273. The second kappa shape index (κ2) is 4.25. The van der Waals surface area contributed by atoms with Gasteiger partial charge < -0.3 is 15.7 Å². The molecule has 1 aromatic rings. The fourth-order valence-corrected chi connectivity index (χ4v) is 2.74. The predicted molar refractivity (Wildman–Crippen MR) is 58.4 cm³/mol. The summed E-state index contributed by atoms with van der Waals surface area (Å²) in [5, 5.41) is 9.17. The molecule has 7 heteroatoms. The molecule has 1 fully saturated rings. The molecular formula is C9H12FN3O2S. The number of anilines is 1. The van der Waals surface area contributed by atoms with Gasteiger partial charge in [-0.3, -0.25) is 0 Å². The lowest BCUT2D eigenvalue weighted by Gasteiger charge is -2.32. The monoisotopic (exact) mass is 245 g/mol. The van der Waals surface area contributed by atoms with Gasteiger partial charge in [0.25, 0.3) is 0 Å². The predicted octanol–water partition coefficient (Wildman–Crippen LogP) is 1.53. The maximum atomic E-state index is 13.8. The Morgan fingerprint density at radius 3 is 3.00 bits per heavy atom. The number of alkyl halides is 1. The zero-order valence-corrected chi connectivity index (χ0v) is 9.28. The molecule has 0 unspecified atom stereocenters. The van der Waals surface area contributed by atoms with E-state index in [4.69, 9.17) is 10.8 Å². The maximum Gasteiger partial charge on any atom is 0.407 e. The van der Waals surface area contributed by atoms with Gasteiger partial charge in [0.15, 0.2) is 5.13 Å². The van der Waals surface area contributed by atoms with Crippen LogP contribution in [0.1, 0.15) is 17.2 Å². The van der Waals surface area contributed by atoms with Crippen LogP contribution in [0.25, 0.3) is 0 Å². The molecule has 1 aliphatic heterocycles. The van der Waals surface area contributed by atoms with Crippen molar-refractivity contribution in [2.45, 2.75) is 18.5 Å². The fraction of sp³-hybridized carbons (Fsp3) is 0.556. The molecular weight excluding hydrogens is 233 g/mol. The van der Waals surface area contributed by atoms with Gasteiger partial charge in [-0.15, -0.1) is 11.3 Å². The maximum absolute atomic E-state index is 13.8. The summed E-state index contributed by atoms with van der Waals surface area (Å²) in [6.45, 7) is 0.288. The van der Waals surface area contributed by atoms with Gasteiger partial charge >= 0.3 is 6.09 Å². The number of nitrogen functional groups attached to an aromatic ring is 1. The number of nitrogens with zero attached hydrogens (tertiary/aromatic N) is 2. The number of hydrogen-bond donors (Lipinski definition) is 2. The summed E-state index contributed by atoms with van der Waals surface area (Å²) in [6, 6.07) is 0. The third kappa shape index (κ3) is 2.08. The Labute approximate surface area is 95.7 Å². The molecule has 16 heavy (non-hydrogen) atoms. The van der Waals surface area contributed by atoms with Crippen molar-refractivity contribution in [3.63, 3.8) is 0 Å². The fourth-order valence-electron chi connectivity index (χ4n) is 1.87. The van der Waals surface area contributed by atoms with Gasteiger partial charge in [0.2, 0.25) is 0 Å². The van der Waals surface area contributed by atoms with E-state index in [0.29, 0.717) is 18.1 Å². The van der Waals surface area contributed by atoms with Crippen molar-refractivity contribution in [2.24, 2.45) is 0 Å². The lowest BCUT2D eigenvalue weighted by atomic mass is 9.94. The van der Waals surface area contributed by atoms with Gasteiger partial charge in [0.1, 0.15) is 6.17 Å². The van der Waals surface area contributed by atoms with Crippen LogP contribution in [0.15, 0.2) is 6.20 Å². The van der Waals surface area contributed by atoms with Crippen LogP contribution < -0.4 is 5.73 Å². The molecule has 2 rings (SSSR count). The lowest BCUT2D eigenvalue weighted by Crippen LogP contribution is -2.43. The van der Waals surface area contributed by atoms with Crippen LogP contribution in [0, 0.1) is 0 Å². The number of likely N-dealkylation sites (tertiary alicyclic amines) is 1. The van der Waals surface area contributed by atoms with Crippen LogP contribution in [0.4, 0.5) is 14.3 Å². The van der Waals surface area contributed by atoms with E-state index >= 15 is 0 Å². The highest BCUT2D eigenvalue weighted by atomic mass is 32.1. The van der Waals surface area contributed by atoms with E-state index < -0.39 is 12.3 Å². The number of amides is 1. The Morgan fingerprint density at radius 1 is 1.75 bits per heavy atom. The van der Waals surface area contributed by atoms with Crippen molar-refractivity contribution in [3.05, 3.63) is 11.1 Å².